The first-order chi connectivity index (χ1) is 13.8. The van der Waals surface area contributed by atoms with Crippen molar-refractivity contribution in [3.63, 3.8) is 0 Å². The lowest BCUT2D eigenvalue weighted by Gasteiger charge is -2.33. The van der Waals surface area contributed by atoms with Gasteiger partial charge < -0.3 is 14.2 Å². The normalized spacial score (nSPS) is 27.5. The summed E-state index contributed by atoms with van der Waals surface area (Å²) in [5.41, 5.74) is 1.27. The molecule has 3 fully saturated rings. The molecule has 1 aliphatic heterocycles. The van der Waals surface area contributed by atoms with Gasteiger partial charge in [0.1, 0.15) is 0 Å². The standard InChI is InChI=1S/C21H29N5O2/c1-27-19-14-15(4-6-22-19)5-7-25-8-10-26(11-9-25)21-23-20(24-28-21)18-13-16-2-3-17(18)12-16/h4,6,14,16-18H,2-3,5,7-13H2,1H3/t16-,17+,18?/m1/s1. The van der Waals surface area contributed by atoms with Gasteiger partial charge in [-0.3, -0.25) is 4.90 Å². The van der Waals surface area contributed by atoms with Crippen molar-refractivity contribution in [3.05, 3.63) is 29.7 Å². The van der Waals surface area contributed by atoms with E-state index in [0.717, 1.165) is 62.8 Å². The van der Waals surface area contributed by atoms with Crippen molar-refractivity contribution in [2.45, 2.75) is 38.0 Å². The molecule has 3 aliphatic rings. The van der Waals surface area contributed by atoms with Crippen LogP contribution in [0.1, 0.15) is 43.0 Å². The van der Waals surface area contributed by atoms with Gasteiger partial charge in [-0.05, 0) is 49.1 Å². The molecule has 2 bridgehead atoms. The molecule has 0 spiro atoms. The highest BCUT2D eigenvalue weighted by Gasteiger charge is 2.42. The van der Waals surface area contributed by atoms with Crippen LogP contribution in [0, 0.1) is 11.8 Å². The maximum atomic E-state index is 5.64. The quantitative estimate of drug-likeness (QED) is 0.760. The van der Waals surface area contributed by atoms with Gasteiger partial charge in [0.2, 0.25) is 5.88 Å². The Morgan fingerprint density at radius 1 is 1.18 bits per heavy atom. The maximum absolute atomic E-state index is 5.64. The number of hydrogen-bond acceptors (Lipinski definition) is 7. The van der Waals surface area contributed by atoms with Crippen molar-refractivity contribution in [3.8, 4) is 5.88 Å². The molecule has 2 aromatic heterocycles. The summed E-state index contributed by atoms with van der Waals surface area (Å²) in [6, 6.07) is 4.80. The molecule has 0 N–H and O–H groups in total. The summed E-state index contributed by atoms with van der Waals surface area (Å²) in [6.45, 7) is 4.97. The average molecular weight is 383 g/mol. The zero-order valence-electron chi connectivity index (χ0n) is 16.6. The number of rotatable bonds is 6. The topological polar surface area (TPSA) is 67.5 Å². The second-order valence-electron chi connectivity index (χ2n) is 8.50. The van der Waals surface area contributed by atoms with E-state index in [-0.39, 0.29) is 0 Å². The minimum atomic E-state index is 0.537. The van der Waals surface area contributed by atoms with E-state index in [1.165, 1.54) is 31.2 Å². The van der Waals surface area contributed by atoms with E-state index in [9.17, 15) is 0 Å². The second kappa shape index (κ2) is 7.70. The van der Waals surface area contributed by atoms with Crippen LogP contribution in [-0.2, 0) is 6.42 Å². The van der Waals surface area contributed by atoms with Gasteiger partial charge >= 0.3 is 6.01 Å². The van der Waals surface area contributed by atoms with Gasteiger partial charge in [-0.15, -0.1) is 0 Å². The Labute approximate surface area is 166 Å². The van der Waals surface area contributed by atoms with Crippen LogP contribution in [0.3, 0.4) is 0 Å². The van der Waals surface area contributed by atoms with Gasteiger partial charge in [0.25, 0.3) is 0 Å². The summed E-state index contributed by atoms with van der Waals surface area (Å²) in [5.74, 6) is 3.87. The SMILES string of the molecule is COc1cc(CCN2CCN(c3nc(C4C[C@@H]5CC[C@H]4C5)no3)CC2)ccn1. The minimum Gasteiger partial charge on any atom is -0.481 e. The van der Waals surface area contributed by atoms with Gasteiger partial charge in [0.15, 0.2) is 5.82 Å². The Morgan fingerprint density at radius 2 is 2.07 bits per heavy atom. The van der Waals surface area contributed by atoms with Crippen LogP contribution in [0.4, 0.5) is 6.01 Å². The summed E-state index contributed by atoms with van der Waals surface area (Å²) in [7, 11) is 1.66. The van der Waals surface area contributed by atoms with Crippen LogP contribution in [0.2, 0.25) is 0 Å². The smallest absolute Gasteiger partial charge is 0.324 e. The first-order valence-electron chi connectivity index (χ1n) is 10.6. The number of fused-ring (bicyclic) bond motifs is 2. The molecule has 7 heteroatoms. The zero-order valence-corrected chi connectivity index (χ0v) is 16.6. The lowest BCUT2D eigenvalue weighted by molar-refractivity contribution is 0.252. The monoisotopic (exact) mass is 383 g/mol. The Hall–Kier alpha value is -2.15. The molecule has 0 aromatic carbocycles. The van der Waals surface area contributed by atoms with Gasteiger partial charge in [-0.1, -0.05) is 11.6 Å². The van der Waals surface area contributed by atoms with Crippen LogP contribution < -0.4 is 9.64 Å². The summed E-state index contributed by atoms with van der Waals surface area (Å²) >= 11 is 0. The fraction of sp³-hybridized carbons (Fsp3) is 0.667. The van der Waals surface area contributed by atoms with E-state index in [0.29, 0.717) is 11.8 Å². The molecule has 2 aliphatic carbocycles. The van der Waals surface area contributed by atoms with Gasteiger partial charge in [-0.2, -0.15) is 4.98 Å². The van der Waals surface area contributed by atoms with E-state index in [2.05, 4.69) is 26.0 Å². The van der Waals surface area contributed by atoms with Crippen molar-refractivity contribution in [1.29, 1.82) is 0 Å². The van der Waals surface area contributed by atoms with E-state index in [1.807, 2.05) is 12.3 Å². The van der Waals surface area contributed by atoms with Crippen LogP contribution in [0.5, 0.6) is 5.88 Å². The third-order valence-electron chi connectivity index (χ3n) is 6.87. The highest BCUT2D eigenvalue weighted by atomic mass is 16.5. The molecule has 1 unspecified atom stereocenters. The maximum Gasteiger partial charge on any atom is 0.324 e. The molecule has 28 heavy (non-hydrogen) atoms. The molecule has 2 aromatic rings. The molecular weight excluding hydrogens is 354 g/mol. The summed E-state index contributed by atoms with van der Waals surface area (Å²) < 4.78 is 10.8. The summed E-state index contributed by atoms with van der Waals surface area (Å²) in [5, 5.41) is 4.34. The molecule has 7 nitrogen and oxygen atoms in total. The lowest BCUT2D eigenvalue weighted by Crippen LogP contribution is -2.47. The molecule has 3 heterocycles. The summed E-state index contributed by atoms with van der Waals surface area (Å²) in [4.78, 5) is 13.7. The predicted molar refractivity (Wildman–Crippen MR) is 106 cm³/mol. The first kappa shape index (κ1) is 17.9. The van der Waals surface area contributed by atoms with Crippen molar-refractivity contribution >= 4 is 6.01 Å². The van der Waals surface area contributed by atoms with Gasteiger partial charge in [0, 0.05) is 50.9 Å². The Kier molecular flexibility index (Phi) is 4.93. The van der Waals surface area contributed by atoms with E-state index in [1.54, 1.807) is 7.11 Å². The largest absolute Gasteiger partial charge is 0.481 e. The lowest BCUT2D eigenvalue weighted by atomic mass is 9.88. The van der Waals surface area contributed by atoms with Crippen molar-refractivity contribution in [1.82, 2.24) is 20.0 Å². The number of pyridine rings is 1. The predicted octanol–water partition coefficient (Wildman–Crippen LogP) is 2.74. The minimum absolute atomic E-state index is 0.537. The molecule has 150 valence electrons. The number of aromatic nitrogens is 3. The molecule has 5 rings (SSSR count). The second-order valence-corrected chi connectivity index (χ2v) is 8.50. The molecular formula is C21H29N5O2. The van der Waals surface area contributed by atoms with Crippen molar-refractivity contribution in [2.75, 3.05) is 44.7 Å². The zero-order chi connectivity index (χ0) is 18.9. The van der Waals surface area contributed by atoms with E-state index >= 15 is 0 Å². The van der Waals surface area contributed by atoms with Crippen molar-refractivity contribution < 1.29 is 9.26 Å². The van der Waals surface area contributed by atoms with Gasteiger partial charge in [0.05, 0.1) is 7.11 Å². The Bertz CT molecular complexity index is 802. The molecule has 0 radical (unpaired) electrons. The molecule has 3 atom stereocenters. The molecule has 2 saturated carbocycles. The van der Waals surface area contributed by atoms with Crippen molar-refractivity contribution in [2.24, 2.45) is 11.8 Å². The Balaban J connectivity index is 1.12. The van der Waals surface area contributed by atoms with Crippen LogP contribution in [0.25, 0.3) is 0 Å². The fourth-order valence-electron chi connectivity index (χ4n) is 5.23. The number of piperazine rings is 1. The summed E-state index contributed by atoms with van der Waals surface area (Å²) in [6.07, 6.45) is 8.21. The third kappa shape index (κ3) is 3.60. The Morgan fingerprint density at radius 3 is 2.82 bits per heavy atom. The number of anilines is 1. The highest BCUT2D eigenvalue weighted by molar-refractivity contribution is 5.27. The molecule has 1 saturated heterocycles. The van der Waals surface area contributed by atoms with Gasteiger partial charge in [-0.25, -0.2) is 4.98 Å². The number of nitrogens with zero attached hydrogens (tertiary/aromatic N) is 5. The third-order valence-corrected chi connectivity index (χ3v) is 6.87. The van der Waals surface area contributed by atoms with Crippen LogP contribution in [-0.4, -0.2) is 59.9 Å². The van der Waals surface area contributed by atoms with E-state index in [4.69, 9.17) is 14.2 Å². The van der Waals surface area contributed by atoms with Crippen LogP contribution >= 0.6 is 0 Å². The molecule has 0 amide bonds. The number of ether oxygens (including phenoxy) is 1. The number of hydrogen-bond donors (Lipinski definition) is 0. The first-order valence-corrected chi connectivity index (χ1v) is 10.6. The van der Waals surface area contributed by atoms with E-state index < -0.39 is 0 Å². The van der Waals surface area contributed by atoms with Crippen LogP contribution in [0.15, 0.2) is 22.9 Å². The fourth-order valence-corrected chi connectivity index (χ4v) is 5.23. The highest BCUT2D eigenvalue weighted by Crippen LogP contribution is 2.52. The average Bonchev–Trinajstić information content (AvgIpc) is 3.49. The number of methoxy groups -OCH3 is 1.